The van der Waals surface area contributed by atoms with Crippen molar-refractivity contribution < 1.29 is 23.9 Å². The van der Waals surface area contributed by atoms with E-state index in [-0.39, 0.29) is 36.1 Å². The van der Waals surface area contributed by atoms with Gasteiger partial charge in [0.05, 0.1) is 23.9 Å². The molecule has 11 nitrogen and oxygen atoms in total. The average molecular weight is 456 g/mol. The Bertz CT molecular complexity index is 1230. The Labute approximate surface area is 186 Å². The molecule has 0 bridgehead atoms. The van der Waals surface area contributed by atoms with Gasteiger partial charge in [0.2, 0.25) is 0 Å². The summed E-state index contributed by atoms with van der Waals surface area (Å²) in [5.74, 6) is -1.34. The number of amides is 2. The van der Waals surface area contributed by atoms with Gasteiger partial charge < -0.3 is 20.1 Å². The SMILES string of the molecule is CCOC(=O)C1=C(COC(=O)c2nc3nc(C)cc(C)n3n2)NC(=O)N[C@@H]1c1cccs1. The van der Waals surface area contributed by atoms with E-state index in [0.29, 0.717) is 0 Å². The number of carbonyl (C=O) groups excluding carboxylic acids is 3. The summed E-state index contributed by atoms with van der Waals surface area (Å²) >= 11 is 1.38. The molecule has 1 atom stereocenters. The van der Waals surface area contributed by atoms with Crippen LogP contribution in [0.3, 0.4) is 0 Å². The van der Waals surface area contributed by atoms with Gasteiger partial charge in [-0.25, -0.2) is 23.9 Å². The van der Waals surface area contributed by atoms with Gasteiger partial charge in [0, 0.05) is 16.3 Å². The third-order valence-electron chi connectivity index (χ3n) is 4.63. The van der Waals surface area contributed by atoms with Crippen molar-refractivity contribution in [2.45, 2.75) is 26.8 Å². The van der Waals surface area contributed by atoms with Crippen LogP contribution in [0.25, 0.3) is 5.78 Å². The minimum Gasteiger partial charge on any atom is -0.463 e. The molecule has 0 saturated heterocycles. The number of hydrogen-bond donors (Lipinski definition) is 2. The van der Waals surface area contributed by atoms with Gasteiger partial charge in [-0.1, -0.05) is 6.07 Å². The molecule has 2 amide bonds. The average Bonchev–Trinajstić information content (AvgIpc) is 3.41. The number of esters is 2. The van der Waals surface area contributed by atoms with E-state index in [1.165, 1.54) is 15.9 Å². The molecule has 4 heterocycles. The highest BCUT2D eigenvalue weighted by atomic mass is 32.1. The van der Waals surface area contributed by atoms with Crippen LogP contribution in [0.15, 0.2) is 34.8 Å². The van der Waals surface area contributed by atoms with Crippen LogP contribution >= 0.6 is 11.3 Å². The van der Waals surface area contributed by atoms with Crippen LogP contribution in [-0.2, 0) is 14.3 Å². The van der Waals surface area contributed by atoms with Gasteiger partial charge in [-0.2, -0.15) is 4.98 Å². The molecule has 0 fully saturated rings. The number of urea groups is 1. The molecule has 166 valence electrons. The normalized spacial score (nSPS) is 16.0. The van der Waals surface area contributed by atoms with E-state index >= 15 is 0 Å². The fraction of sp³-hybridized carbons (Fsp3) is 0.300. The smallest absolute Gasteiger partial charge is 0.378 e. The number of fused-ring (bicyclic) bond motifs is 1. The second-order valence-electron chi connectivity index (χ2n) is 6.92. The van der Waals surface area contributed by atoms with E-state index in [0.717, 1.165) is 16.3 Å². The third kappa shape index (κ3) is 4.17. The highest BCUT2D eigenvalue weighted by Gasteiger charge is 2.35. The number of rotatable bonds is 6. The molecule has 32 heavy (non-hydrogen) atoms. The van der Waals surface area contributed by atoms with E-state index in [1.807, 2.05) is 31.4 Å². The fourth-order valence-electron chi connectivity index (χ4n) is 3.31. The van der Waals surface area contributed by atoms with Gasteiger partial charge in [0.15, 0.2) is 0 Å². The van der Waals surface area contributed by atoms with Gasteiger partial charge in [-0.15, -0.1) is 16.4 Å². The molecule has 4 rings (SSSR count). The van der Waals surface area contributed by atoms with E-state index in [2.05, 4.69) is 25.7 Å². The van der Waals surface area contributed by atoms with Crippen molar-refractivity contribution in [1.29, 1.82) is 0 Å². The molecule has 12 heteroatoms. The Morgan fingerprint density at radius 2 is 2.03 bits per heavy atom. The molecule has 0 aromatic carbocycles. The highest BCUT2D eigenvalue weighted by molar-refractivity contribution is 7.10. The van der Waals surface area contributed by atoms with Crippen LogP contribution in [0.5, 0.6) is 0 Å². The first-order valence-corrected chi connectivity index (χ1v) is 10.6. The van der Waals surface area contributed by atoms with Crippen molar-refractivity contribution >= 4 is 35.1 Å². The van der Waals surface area contributed by atoms with Gasteiger partial charge in [-0.05, 0) is 38.3 Å². The van der Waals surface area contributed by atoms with Crippen LogP contribution in [0.2, 0.25) is 0 Å². The van der Waals surface area contributed by atoms with Crippen LogP contribution in [-0.4, -0.2) is 50.8 Å². The Balaban J connectivity index is 1.62. The maximum Gasteiger partial charge on any atom is 0.378 e. The Morgan fingerprint density at radius 3 is 2.75 bits per heavy atom. The van der Waals surface area contributed by atoms with Crippen molar-refractivity contribution in [3.8, 4) is 0 Å². The number of ether oxygens (including phenoxy) is 2. The summed E-state index contributed by atoms with van der Waals surface area (Å²) in [4.78, 5) is 46.6. The first kappa shape index (κ1) is 21.4. The number of nitrogens with zero attached hydrogens (tertiary/aromatic N) is 4. The third-order valence-corrected chi connectivity index (χ3v) is 5.56. The molecular formula is C20H20N6O5S. The number of aryl methyl sites for hydroxylation is 2. The van der Waals surface area contributed by atoms with E-state index < -0.39 is 24.0 Å². The lowest BCUT2D eigenvalue weighted by Gasteiger charge is -2.28. The summed E-state index contributed by atoms with van der Waals surface area (Å²) < 4.78 is 11.9. The molecule has 3 aromatic rings. The summed E-state index contributed by atoms with van der Waals surface area (Å²) in [7, 11) is 0. The predicted molar refractivity (Wildman–Crippen MR) is 113 cm³/mol. The number of carbonyl (C=O) groups is 3. The van der Waals surface area contributed by atoms with Crippen LogP contribution in [0.4, 0.5) is 4.79 Å². The van der Waals surface area contributed by atoms with Crippen LogP contribution in [0, 0.1) is 13.8 Å². The largest absolute Gasteiger partial charge is 0.463 e. The number of hydrogen-bond acceptors (Lipinski definition) is 9. The summed E-state index contributed by atoms with van der Waals surface area (Å²) in [6.45, 7) is 5.09. The number of thiophene rings is 1. The molecule has 0 spiro atoms. The Hall–Kier alpha value is -3.80. The lowest BCUT2D eigenvalue weighted by Crippen LogP contribution is -2.47. The quantitative estimate of drug-likeness (QED) is 0.536. The molecule has 2 N–H and O–H groups in total. The monoisotopic (exact) mass is 456 g/mol. The molecule has 1 aliphatic rings. The highest BCUT2D eigenvalue weighted by Crippen LogP contribution is 2.30. The molecule has 0 radical (unpaired) electrons. The zero-order chi connectivity index (χ0) is 22.8. The van der Waals surface area contributed by atoms with Gasteiger partial charge in [-0.3, -0.25) is 0 Å². The zero-order valence-electron chi connectivity index (χ0n) is 17.5. The molecule has 0 saturated carbocycles. The maximum atomic E-state index is 12.7. The zero-order valence-corrected chi connectivity index (χ0v) is 18.4. The van der Waals surface area contributed by atoms with Crippen molar-refractivity contribution in [3.63, 3.8) is 0 Å². The van der Waals surface area contributed by atoms with E-state index in [4.69, 9.17) is 9.47 Å². The molecule has 1 aliphatic heterocycles. The van der Waals surface area contributed by atoms with Crippen LogP contribution in [0.1, 0.15) is 39.8 Å². The second-order valence-corrected chi connectivity index (χ2v) is 7.90. The predicted octanol–water partition coefficient (Wildman–Crippen LogP) is 1.83. The van der Waals surface area contributed by atoms with E-state index in [9.17, 15) is 14.4 Å². The first-order chi connectivity index (χ1) is 15.4. The van der Waals surface area contributed by atoms with Crippen molar-refractivity contribution in [1.82, 2.24) is 30.2 Å². The first-order valence-electron chi connectivity index (χ1n) is 9.76. The second kappa shape index (κ2) is 8.75. The lowest BCUT2D eigenvalue weighted by atomic mass is 10.0. The Kier molecular flexibility index (Phi) is 5.86. The van der Waals surface area contributed by atoms with Crippen molar-refractivity contribution in [2.24, 2.45) is 0 Å². The Morgan fingerprint density at radius 1 is 1.22 bits per heavy atom. The van der Waals surface area contributed by atoms with E-state index in [1.54, 1.807) is 13.0 Å². The fourth-order valence-corrected chi connectivity index (χ4v) is 4.09. The van der Waals surface area contributed by atoms with Crippen LogP contribution < -0.4 is 10.6 Å². The molecular weight excluding hydrogens is 436 g/mol. The summed E-state index contributed by atoms with van der Waals surface area (Å²) in [5.41, 5.74) is 1.80. The topological polar surface area (TPSA) is 137 Å². The minimum absolute atomic E-state index is 0.132. The summed E-state index contributed by atoms with van der Waals surface area (Å²) in [5, 5.41) is 11.2. The molecule has 0 aliphatic carbocycles. The maximum absolute atomic E-state index is 12.7. The lowest BCUT2D eigenvalue weighted by molar-refractivity contribution is -0.139. The minimum atomic E-state index is -0.816. The molecule has 3 aromatic heterocycles. The summed E-state index contributed by atoms with van der Waals surface area (Å²) in [6.07, 6.45) is 0. The standard InChI is InChI=1S/C20H20N6O5S/c1-4-30-17(27)14-12(22-20(29)23-15(14)13-6-5-7-32-13)9-31-18(28)16-24-19-21-10(2)8-11(3)26(19)25-16/h5-8,15H,4,9H2,1-3H3,(H2,22,23,29)/t15-/m1/s1. The van der Waals surface area contributed by atoms with Gasteiger partial charge in [0.25, 0.3) is 11.6 Å². The summed E-state index contributed by atoms with van der Waals surface area (Å²) in [6, 6.07) is 4.16. The number of aromatic nitrogens is 4. The van der Waals surface area contributed by atoms with Gasteiger partial charge in [0.1, 0.15) is 6.61 Å². The van der Waals surface area contributed by atoms with Crippen molar-refractivity contribution in [2.75, 3.05) is 13.2 Å². The molecule has 0 unspecified atom stereocenters. The van der Waals surface area contributed by atoms with Crippen molar-refractivity contribution in [3.05, 3.63) is 56.9 Å². The number of nitrogens with one attached hydrogen (secondary N) is 2. The van der Waals surface area contributed by atoms with Gasteiger partial charge >= 0.3 is 18.0 Å².